The highest BCUT2D eigenvalue weighted by Gasteiger charge is 2.68. The van der Waals surface area contributed by atoms with E-state index in [-0.39, 0.29) is 25.1 Å². The Morgan fingerprint density at radius 3 is 2.66 bits per heavy atom. The van der Waals surface area contributed by atoms with Gasteiger partial charge in [-0.2, -0.15) is 29.5 Å². The van der Waals surface area contributed by atoms with Gasteiger partial charge in [0.2, 0.25) is 18.0 Å². The number of aliphatic imine (C=N–C) groups is 1. The molecule has 11 nitrogen and oxygen atoms in total. The Kier molecular flexibility index (Phi) is 7.36. The van der Waals surface area contributed by atoms with Gasteiger partial charge in [0.25, 0.3) is 5.84 Å². The van der Waals surface area contributed by atoms with Crippen LogP contribution in [0.2, 0.25) is 0 Å². The number of nitrogens with one attached hydrogen (secondary N) is 1. The third-order valence-electron chi connectivity index (χ3n) is 7.31. The Hall–Kier alpha value is -3.33. The standard InChI is InChI=1S/C23H24F3N5O6S/c1-12-27-11-15(31(36)37)29(12)7-8-30-19(32)16-17(20(30)33)22(21(34)35,6-9-38-2)28-18(16)13-4-3-5-14(10-13)23(24,25)26/h3-5,10-11,15-18,28H,6-9H2,1-2H3/p+1. The van der Waals surface area contributed by atoms with Crippen molar-refractivity contribution in [2.24, 2.45) is 16.8 Å². The molecule has 0 radical (unpaired) electrons. The molecule has 38 heavy (non-hydrogen) atoms. The first-order chi connectivity index (χ1) is 17.8. The third kappa shape index (κ3) is 4.57. The van der Waals surface area contributed by atoms with Crippen molar-refractivity contribution in [1.29, 1.82) is 0 Å². The van der Waals surface area contributed by atoms with Gasteiger partial charge in [-0.15, -0.1) is 0 Å². The Labute approximate surface area is 218 Å². The van der Waals surface area contributed by atoms with Gasteiger partial charge < -0.3 is 5.11 Å². The fourth-order valence-corrected chi connectivity index (χ4v) is 5.99. The second-order valence-electron chi connectivity index (χ2n) is 9.31. The Morgan fingerprint density at radius 2 is 2.05 bits per heavy atom. The van der Waals surface area contributed by atoms with Gasteiger partial charge >= 0.3 is 18.3 Å². The van der Waals surface area contributed by atoms with E-state index in [0.29, 0.717) is 11.6 Å². The number of hydrogen-bond donors (Lipinski definition) is 2. The van der Waals surface area contributed by atoms with Crippen molar-refractivity contribution < 1.29 is 42.2 Å². The van der Waals surface area contributed by atoms with Crippen LogP contribution in [-0.2, 0) is 20.6 Å². The van der Waals surface area contributed by atoms with Crippen molar-refractivity contribution >= 4 is 41.6 Å². The average Bonchev–Trinajstić information content (AvgIpc) is 3.48. The zero-order valence-corrected chi connectivity index (χ0v) is 21.2. The van der Waals surface area contributed by atoms with Crippen LogP contribution in [0.5, 0.6) is 0 Å². The number of likely N-dealkylation sites (tertiary alicyclic amines) is 1. The number of nitro groups is 1. The van der Waals surface area contributed by atoms with Gasteiger partial charge in [-0.3, -0.25) is 34.7 Å². The summed E-state index contributed by atoms with van der Waals surface area (Å²) in [7, 11) is 0. The summed E-state index contributed by atoms with van der Waals surface area (Å²) in [6.45, 7) is 1.14. The lowest BCUT2D eigenvalue weighted by Gasteiger charge is -2.31. The van der Waals surface area contributed by atoms with Gasteiger partial charge in [0, 0.05) is 13.0 Å². The van der Waals surface area contributed by atoms with E-state index in [2.05, 4.69) is 10.3 Å². The first-order valence-electron chi connectivity index (χ1n) is 11.6. The van der Waals surface area contributed by atoms with Crippen LogP contribution in [0.25, 0.3) is 0 Å². The molecular weight excluding hydrogens is 531 g/mol. The predicted molar refractivity (Wildman–Crippen MR) is 129 cm³/mol. The number of carbonyl (C=O) groups is 3. The van der Waals surface area contributed by atoms with Gasteiger partial charge in [0.15, 0.2) is 0 Å². The minimum absolute atomic E-state index is 0.0376. The van der Waals surface area contributed by atoms with Crippen LogP contribution in [0.4, 0.5) is 13.2 Å². The van der Waals surface area contributed by atoms with E-state index in [1.54, 1.807) is 6.26 Å². The molecule has 3 heterocycles. The van der Waals surface area contributed by atoms with Crippen LogP contribution in [-0.4, -0.2) is 86.1 Å². The molecule has 0 bridgehead atoms. The molecule has 2 N–H and O–H groups in total. The highest BCUT2D eigenvalue weighted by Crippen LogP contribution is 2.50. The van der Waals surface area contributed by atoms with Crippen molar-refractivity contribution in [2.75, 3.05) is 25.1 Å². The number of amidine groups is 1. The lowest BCUT2D eigenvalue weighted by atomic mass is 9.78. The van der Waals surface area contributed by atoms with Crippen LogP contribution >= 0.6 is 11.8 Å². The number of imide groups is 1. The topological polar surface area (TPSA) is 145 Å². The van der Waals surface area contributed by atoms with Gasteiger partial charge in [-0.25, -0.2) is 0 Å². The lowest BCUT2D eigenvalue weighted by Crippen LogP contribution is -2.56. The fraction of sp³-hybridized carbons (Fsp3) is 0.522. The largest absolute Gasteiger partial charge is 0.480 e. The lowest BCUT2D eigenvalue weighted by molar-refractivity contribution is -0.735. The van der Waals surface area contributed by atoms with E-state index in [9.17, 15) is 42.8 Å². The quantitative estimate of drug-likeness (QED) is 0.202. The van der Waals surface area contributed by atoms with E-state index in [4.69, 9.17) is 0 Å². The summed E-state index contributed by atoms with van der Waals surface area (Å²) in [4.78, 5) is 55.4. The molecule has 1 aromatic rings. The predicted octanol–water partition coefficient (Wildman–Crippen LogP) is 1.65. The minimum Gasteiger partial charge on any atom is -0.480 e. The molecule has 2 saturated heterocycles. The summed E-state index contributed by atoms with van der Waals surface area (Å²) >= 11 is 1.33. The number of carboxylic acid groups (broad SMARTS) is 1. The Morgan fingerprint density at radius 1 is 1.34 bits per heavy atom. The zero-order valence-electron chi connectivity index (χ0n) is 20.3. The molecule has 15 heteroatoms. The molecular formula is C23H25F3N5O6S+. The highest BCUT2D eigenvalue weighted by atomic mass is 32.2. The fourth-order valence-electron chi connectivity index (χ4n) is 5.46. The third-order valence-corrected chi connectivity index (χ3v) is 7.92. The number of carbonyl (C=O) groups excluding carboxylic acids is 2. The monoisotopic (exact) mass is 556 g/mol. The molecule has 5 atom stereocenters. The van der Waals surface area contributed by atoms with Crippen molar-refractivity contribution in [1.82, 2.24) is 10.2 Å². The second kappa shape index (κ2) is 10.1. The molecule has 0 aliphatic carbocycles. The molecule has 0 saturated carbocycles. The normalized spacial score (nSPS) is 28.9. The SMILES string of the molecule is CSCCC1(C(=O)O)NC(c2cccc(C(F)(F)F)c2)C2C(=O)N(CC[N+]3=C(C)N=CC3[N+](=O)[O-])C(=O)C21. The second-order valence-corrected chi connectivity index (χ2v) is 10.3. The Bertz CT molecular complexity index is 1250. The molecule has 5 unspecified atom stereocenters. The van der Waals surface area contributed by atoms with Crippen molar-refractivity contribution in [3.63, 3.8) is 0 Å². The molecule has 4 rings (SSSR count). The number of hydrogen-bond acceptors (Lipinski definition) is 8. The summed E-state index contributed by atoms with van der Waals surface area (Å²) < 4.78 is 41.6. The van der Waals surface area contributed by atoms with Crippen LogP contribution in [0.1, 0.15) is 30.5 Å². The van der Waals surface area contributed by atoms with Gasteiger partial charge in [0.05, 0.1) is 28.9 Å². The first kappa shape index (κ1) is 27.7. The number of benzene rings is 1. The highest BCUT2D eigenvalue weighted by molar-refractivity contribution is 7.98. The Balaban J connectivity index is 1.72. The van der Waals surface area contributed by atoms with Gasteiger partial charge in [-0.1, -0.05) is 12.1 Å². The molecule has 0 spiro atoms. The summed E-state index contributed by atoms with van der Waals surface area (Å²) in [5.41, 5.74) is -2.82. The summed E-state index contributed by atoms with van der Waals surface area (Å²) in [5, 5.41) is 24.5. The summed E-state index contributed by atoms with van der Waals surface area (Å²) in [5.74, 6) is -4.92. The van der Waals surface area contributed by atoms with Crippen LogP contribution < -0.4 is 5.32 Å². The maximum atomic E-state index is 13.6. The number of alkyl halides is 3. The maximum Gasteiger partial charge on any atom is 0.416 e. The van der Waals surface area contributed by atoms with E-state index >= 15 is 0 Å². The maximum absolute atomic E-state index is 13.6. The van der Waals surface area contributed by atoms with E-state index in [1.807, 2.05) is 0 Å². The number of fused-ring (bicyclic) bond motifs is 1. The molecule has 204 valence electrons. The van der Waals surface area contributed by atoms with E-state index < -0.39 is 64.0 Å². The number of nitrogens with zero attached hydrogens (tertiary/aromatic N) is 4. The molecule has 2 amide bonds. The number of carboxylic acids is 1. The van der Waals surface area contributed by atoms with Crippen molar-refractivity contribution in [3.8, 4) is 0 Å². The van der Waals surface area contributed by atoms with Crippen molar-refractivity contribution in [3.05, 3.63) is 45.5 Å². The van der Waals surface area contributed by atoms with Crippen LogP contribution in [0, 0.1) is 22.0 Å². The number of halogens is 3. The number of rotatable bonds is 9. The van der Waals surface area contributed by atoms with Gasteiger partial charge in [-0.05, 0) is 41.1 Å². The summed E-state index contributed by atoms with van der Waals surface area (Å²) in [6, 6.07) is 3.07. The molecule has 0 aromatic heterocycles. The van der Waals surface area contributed by atoms with E-state index in [1.165, 1.54) is 35.4 Å². The van der Waals surface area contributed by atoms with E-state index in [0.717, 1.165) is 23.2 Å². The van der Waals surface area contributed by atoms with Gasteiger partial charge in [0.1, 0.15) is 12.1 Å². The van der Waals surface area contributed by atoms with Crippen molar-refractivity contribution in [2.45, 2.75) is 37.3 Å². The van der Waals surface area contributed by atoms with Crippen LogP contribution in [0.15, 0.2) is 29.3 Å². The first-order valence-corrected chi connectivity index (χ1v) is 13.0. The number of thioether (sulfide) groups is 1. The molecule has 3 aliphatic rings. The number of aliphatic carboxylic acids is 1. The molecule has 3 aliphatic heterocycles. The average molecular weight is 557 g/mol. The summed E-state index contributed by atoms with van der Waals surface area (Å²) in [6.07, 6.45) is -3.13. The molecule has 1 aromatic carbocycles. The van der Waals surface area contributed by atoms with Crippen LogP contribution in [0.3, 0.4) is 0 Å². The minimum atomic E-state index is -4.67. The smallest absolute Gasteiger partial charge is 0.416 e. The zero-order chi connectivity index (χ0) is 28.0. The number of amides is 2. The molecule has 2 fully saturated rings.